The first-order valence-electron chi connectivity index (χ1n) is 7.08. The first-order chi connectivity index (χ1) is 11.2. The lowest BCUT2D eigenvalue weighted by atomic mass is 9.95. The number of carbonyl (C=O) groups excluding carboxylic acids is 1. The van der Waals surface area contributed by atoms with Gasteiger partial charge in [-0.15, -0.1) is 13.2 Å². The number of primary amides is 1. The molecule has 0 radical (unpaired) electrons. The minimum absolute atomic E-state index is 0.0249. The van der Waals surface area contributed by atoms with Crippen LogP contribution >= 0.6 is 0 Å². The second-order valence-electron chi connectivity index (χ2n) is 6.25. The maximum atomic E-state index is 13.9. The minimum Gasteiger partial charge on any atom is -0.465 e. The number of benzene rings is 1. The number of halogens is 4. The normalized spacial score (nSPS) is 13.2. The summed E-state index contributed by atoms with van der Waals surface area (Å²) in [5.74, 6) is -3.26. The van der Waals surface area contributed by atoms with Crippen molar-refractivity contribution < 1.29 is 37.0 Å². The largest absolute Gasteiger partial charge is 0.573 e. The lowest BCUT2D eigenvalue weighted by Crippen LogP contribution is -2.48. The average molecular weight is 366 g/mol. The molecule has 0 saturated carbocycles. The van der Waals surface area contributed by atoms with Crippen molar-refractivity contribution in [2.24, 2.45) is 5.73 Å². The van der Waals surface area contributed by atoms with E-state index in [1.54, 1.807) is 20.8 Å². The number of alkyl halides is 3. The highest BCUT2D eigenvalue weighted by Gasteiger charge is 2.36. The van der Waals surface area contributed by atoms with E-state index in [-0.39, 0.29) is 5.56 Å². The van der Waals surface area contributed by atoms with E-state index >= 15 is 0 Å². The van der Waals surface area contributed by atoms with Crippen LogP contribution in [0.5, 0.6) is 5.75 Å². The van der Waals surface area contributed by atoms with E-state index in [1.807, 2.05) is 0 Å². The standard InChI is InChI=1S/C15H18F4N2O4/c1-14(2,3)21(13(23)24)10(7-12(20)22)8-4-5-11(9(16)6-8)25-15(17,18)19/h4-6,10H,7H2,1-3H3,(H2,20,22)(H,23,24). The number of nitrogens with zero attached hydrogens (tertiary/aromatic N) is 1. The lowest BCUT2D eigenvalue weighted by molar-refractivity contribution is -0.275. The van der Waals surface area contributed by atoms with Gasteiger partial charge in [-0.05, 0) is 38.5 Å². The van der Waals surface area contributed by atoms with Gasteiger partial charge in [0.2, 0.25) is 5.91 Å². The van der Waals surface area contributed by atoms with Gasteiger partial charge < -0.3 is 15.6 Å². The van der Waals surface area contributed by atoms with Crippen LogP contribution in [0.3, 0.4) is 0 Å². The zero-order chi connectivity index (χ0) is 19.6. The maximum Gasteiger partial charge on any atom is 0.573 e. The van der Waals surface area contributed by atoms with Gasteiger partial charge in [-0.25, -0.2) is 9.18 Å². The van der Waals surface area contributed by atoms with Gasteiger partial charge in [0.15, 0.2) is 11.6 Å². The van der Waals surface area contributed by atoms with E-state index in [0.717, 1.165) is 17.0 Å². The summed E-state index contributed by atoms with van der Waals surface area (Å²) < 4.78 is 54.1. The van der Waals surface area contributed by atoms with E-state index in [4.69, 9.17) is 5.73 Å². The molecule has 0 aliphatic rings. The van der Waals surface area contributed by atoms with E-state index < -0.39 is 47.9 Å². The van der Waals surface area contributed by atoms with Crippen LogP contribution in [-0.2, 0) is 4.79 Å². The Kier molecular flexibility index (Phi) is 5.88. The molecule has 1 rings (SSSR count). The van der Waals surface area contributed by atoms with Crippen molar-refractivity contribution in [3.8, 4) is 5.75 Å². The Hall–Kier alpha value is -2.52. The zero-order valence-electron chi connectivity index (χ0n) is 13.7. The zero-order valence-corrected chi connectivity index (χ0v) is 13.7. The molecule has 0 aromatic heterocycles. The predicted molar refractivity (Wildman–Crippen MR) is 79.3 cm³/mol. The fraction of sp³-hybridized carbons (Fsp3) is 0.467. The molecule has 0 fully saturated rings. The Morgan fingerprint density at radius 1 is 1.28 bits per heavy atom. The molecule has 0 bridgehead atoms. The number of hydrogen-bond acceptors (Lipinski definition) is 3. The van der Waals surface area contributed by atoms with Gasteiger partial charge in [0.25, 0.3) is 0 Å². The molecular weight excluding hydrogens is 348 g/mol. The summed E-state index contributed by atoms with van der Waals surface area (Å²) in [5.41, 5.74) is 4.13. The first kappa shape index (κ1) is 20.5. The van der Waals surface area contributed by atoms with Crippen molar-refractivity contribution in [1.82, 2.24) is 4.90 Å². The van der Waals surface area contributed by atoms with Crippen LogP contribution in [0.25, 0.3) is 0 Å². The number of ether oxygens (including phenoxy) is 1. The fourth-order valence-electron chi connectivity index (χ4n) is 2.37. The van der Waals surface area contributed by atoms with Crippen molar-refractivity contribution >= 4 is 12.0 Å². The second-order valence-corrected chi connectivity index (χ2v) is 6.25. The molecule has 2 amide bonds. The van der Waals surface area contributed by atoms with Crippen molar-refractivity contribution in [2.75, 3.05) is 0 Å². The van der Waals surface area contributed by atoms with Crippen LogP contribution in [0, 0.1) is 5.82 Å². The van der Waals surface area contributed by atoms with Crippen LogP contribution in [0.2, 0.25) is 0 Å². The SMILES string of the molecule is CC(C)(C)N(C(=O)O)C(CC(N)=O)c1ccc(OC(F)(F)F)c(F)c1. The molecule has 0 heterocycles. The summed E-state index contributed by atoms with van der Waals surface area (Å²) in [6, 6.07) is 1.29. The Morgan fingerprint density at radius 2 is 1.84 bits per heavy atom. The van der Waals surface area contributed by atoms with Crippen molar-refractivity contribution in [2.45, 2.75) is 45.1 Å². The summed E-state index contributed by atoms with van der Waals surface area (Å²) >= 11 is 0. The second kappa shape index (κ2) is 7.16. The molecule has 6 nitrogen and oxygen atoms in total. The molecule has 10 heteroatoms. The summed E-state index contributed by atoms with van der Waals surface area (Å²) in [5, 5.41) is 9.44. The molecule has 1 aromatic rings. The molecule has 140 valence electrons. The third kappa shape index (κ3) is 5.80. The summed E-state index contributed by atoms with van der Waals surface area (Å²) in [4.78, 5) is 23.8. The maximum absolute atomic E-state index is 13.9. The molecule has 0 aliphatic carbocycles. The third-order valence-corrected chi connectivity index (χ3v) is 3.20. The van der Waals surface area contributed by atoms with Crippen LogP contribution < -0.4 is 10.5 Å². The fourth-order valence-corrected chi connectivity index (χ4v) is 2.37. The van der Waals surface area contributed by atoms with Gasteiger partial charge >= 0.3 is 12.5 Å². The van der Waals surface area contributed by atoms with E-state index in [2.05, 4.69) is 4.74 Å². The van der Waals surface area contributed by atoms with Gasteiger partial charge in [0.05, 0.1) is 12.5 Å². The van der Waals surface area contributed by atoms with Crippen LogP contribution in [0.1, 0.15) is 38.8 Å². The number of carboxylic acid groups (broad SMARTS) is 1. The molecule has 1 unspecified atom stereocenters. The quantitative estimate of drug-likeness (QED) is 0.781. The van der Waals surface area contributed by atoms with E-state index in [9.17, 15) is 32.3 Å². The number of amides is 2. The highest BCUT2D eigenvalue weighted by atomic mass is 19.4. The highest BCUT2D eigenvalue weighted by Crippen LogP contribution is 2.34. The van der Waals surface area contributed by atoms with Gasteiger partial charge in [0.1, 0.15) is 0 Å². The monoisotopic (exact) mass is 366 g/mol. The van der Waals surface area contributed by atoms with Gasteiger partial charge in [-0.2, -0.15) is 0 Å². The number of rotatable bonds is 5. The van der Waals surface area contributed by atoms with Gasteiger partial charge in [0, 0.05) is 5.54 Å². The molecule has 1 aromatic carbocycles. The van der Waals surface area contributed by atoms with Crippen molar-refractivity contribution in [1.29, 1.82) is 0 Å². The number of nitrogens with two attached hydrogens (primary N) is 1. The summed E-state index contributed by atoms with van der Waals surface area (Å²) in [6.45, 7) is 4.64. The molecule has 1 atom stereocenters. The first-order valence-corrected chi connectivity index (χ1v) is 7.08. The van der Waals surface area contributed by atoms with Crippen LogP contribution in [0.15, 0.2) is 18.2 Å². The molecule has 0 aliphatic heterocycles. The van der Waals surface area contributed by atoms with Gasteiger partial charge in [-0.1, -0.05) is 6.07 Å². The topological polar surface area (TPSA) is 92.9 Å². The predicted octanol–water partition coefficient (Wildman–Crippen LogP) is 3.42. The van der Waals surface area contributed by atoms with Crippen molar-refractivity contribution in [3.63, 3.8) is 0 Å². The molecule has 3 N–H and O–H groups in total. The Balaban J connectivity index is 3.35. The van der Waals surface area contributed by atoms with E-state index in [1.165, 1.54) is 0 Å². The number of hydrogen-bond donors (Lipinski definition) is 2. The molecule has 0 spiro atoms. The van der Waals surface area contributed by atoms with Crippen LogP contribution in [-0.4, -0.2) is 33.9 Å². The smallest absolute Gasteiger partial charge is 0.465 e. The average Bonchev–Trinajstić information content (AvgIpc) is 2.36. The Morgan fingerprint density at radius 3 is 2.20 bits per heavy atom. The minimum atomic E-state index is -5.08. The number of carbonyl (C=O) groups is 2. The van der Waals surface area contributed by atoms with Crippen LogP contribution in [0.4, 0.5) is 22.4 Å². The molecular formula is C15H18F4N2O4. The van der Waals surface area contributed by atoms with Gasteiger partial charge in [-0.3, -0.25) is 9.69 Å². The summed E-state index contributed by atoms with van der Waals surface area (Å²) in [6.07, 6.45) is -6.94. The van der Waals surface area contributed by atoms with E-state index in [0.29, 0.717) is 6.07 Å². The molecule has 0 saturated heterocycles. The Labute approximate surface area is 141 Å². The Bertz CT molecular complexity index is 656. The third-order valence-electron chi connectivity index (χ3n) is 3.20. The van der Waals surface area contributed by atoms with Crippen molar-refractivity contribution in [3.05, 3.63) is 29.6 Å². The highest BCUT2D eigenvalue weighted by molar-refractivity contribution is 5.76. The lowest BCUT2D eigenvalue weighted by Gasteiger charge is -2.39. The molecule has 25 heavy (non-hydrogen) atoms. The summed E-state index contributed by atoms with van der Waals surface area (Å²) in [7, 11) is 0.